The molecule has 0 N–H and O–H groups in total. The van der Waals surface area contributed by atoms with Crippen LogP contribution in [0.15, 0.2) is 18.2 Å². The Balaban J connectivity index is 2.17. The van der Waals surface area contributed by atoms with E-state index in [1.165, 1.54) is 11.3 Å². The molecule has 1 aromatic heterocycles. The maximum atomic E-state index is 11.7. The summed E-state index contributed by atoms with van der Waals surface area (Å²) < 4.78 is 5.92. The number of rotatable bonds is 6. The third-order valence-corrected chi connectivity index (χ3v) is 4.47. The predicted molar refractivity (Wildman–Crippen MR) is 86.4 cm³/mol. The molecule has 1 aromatic carbocycles. The Bertz CT molecular complexity index is 626. The molecule has 2 aromatic rings. The third-order valence-electron chi connectivity index (χ3n) is 3.30. The molecular weight excluding hydrogens is 282 g/mol. The largest absolute Gasteiger partial charge is 0.486 e. The summed E-state index contributed by atoms with van der Waals surface area (Å²) in [5.74, 6) is 1.00. The number of carbonyl (C=O) groups excluding carboxylic acids is 1. The highest BCUT2D eigenvalue weighted by atomic mass is 32.1. The van der Waals surface area contributed by atoms with Crippen LogP contribution in [0.25, 0.3) is 0 Å². The van der Waals surface area contributed by atoms with Gasteiger partial charge in [0.25, 0.3) is 0 Å². The van der Waals surface area contributed by atoms with E-state index < -0.39 is 0 Å². The fraction of sp³-hybridized carbons (Fsp3) is 0.412. The Kier molecular flexibility index (Phi) is 5.12. The number of para-hydroxylation sites is 1. The number of benzene rings is 1. The van der Waals surface area contributed by atoms with E-state index in [4.69, 9.17) is 4.74 Å². The van der Waals surface area contributed by atoms with Crippen molar-refractivity contribution in [1.29, 1.82) is 0 Å². The van der Waals surface area contributed by atoms with Gasteiger partial charge in [0, 0.05) is 6.92 Å². The summed E-state index contributed by atoms with van der Waals surface area (Å²) in [6.07, 6.45) is 1.83. The van der Waals surface area contributed by atoms with Gasteiger partial charge in [0.05, 0.1) is 10.6 Å². The van der Waals surface area contributed by atoms with Crippen LogP contribution >= 0.6 is 11.3 Å². The molecule has 0 atom stereocenters. The lowest BCUT2D eigenvalue weighted by molar-refractivity contribution is 0.102. The highest BCUT2D eigenvalue weighted by molar-refractivity contribution is 7.13. The minimum Gasteiger partial charge on any atom is -0.486 e. The SMILES string of the molecule is CCCc1nc(COc2c(C)cccc2C)sc1C(C)=O. The van der Waals surface area contributed by atoms with Crippen LogP contribution in [0.5, 0.6) is 5.75 Å². The van der Waals surface area contributed by atoms with Crippen molar-refractivity contribution in [3.8, 4) is 5.75 Å². The van der Waals surface area contributed by atoms with Crippen LogP contribution in [0.2, 0.25) is 0 Å². The monoisotopic (exact) mass is 303 g/mol. The van der Waals surface area contributed by atoms with E-state index in [1.54, 1.807) is 6.92 Å². The Labute approximate surface area is 130 Å². The van der Waals surface area contributed by atoms with Gasteiger partial charge in [0.2, 0.25) is 0 Å². The molecule has 0 radical (unpaired) electrons. The van der Waals surface area contributed by atoms with Crippen molar-refractivity contribution in [3.63, 3.8) is 0 Å². The fourth-order valence-corrected chi connectivity index (χ4v) is 3.22. The topological polar surface area (TPSA) is 39.2 Å². The standard InChI is InChI=1S/C17H21NO2S/c1-5-7-14-17(13(4)19)21-15(18-14)10-20-16-11(2)8-6-9-12(16)3/h6,8-9H,5,7,10H2,1-4H3. The van der Waals surface area contributed by atoms with Crippen molar-refractivity contribution in [2.24, 2.45) is 0 Å². The first-order chi connectivity index (χ1) is 10.0. The van der Waals surface area contributed by atoms with Gasteiger partial charge >= 0.3 is 0 Å². The van der Waals surface area contributed by atoms with E-state index >= 15 is 0 Å². The quantitative estimate of drug-likeness (QED) is 0.738. The van der Waals surface area contributed by atoms with E-state index in [2.05, 4.69) is 11.9 Å². The van der Waals surface area contributed by atoms with Crippen LogP contribution < -0.4 is 4.74 Å². The van der Waals surface area contributed by atoms with Gasteiger partial charge < -0.3 is 4.74 Å². The van der Waals surface area contributed by atoms with Gasteiger partial charge in [0.1, 0.15) is 17.4 Å². The molecule has 21 heavy (non-hydrogen) atoms. The van der Waals surface area contributed by atoms with Gasteiger partial charge in [0.15, 0.2) is 5.78 Å². The molecule has 0 bridgehead atoms. The molecule has 1 heterocycles. The number of nitrogens with zero attached hydrogens (tertiary/aromatic N) is 1. The van der Waals surface area contributed by atoms with E-state index in [0.29, 0.717) is 6.61 Å². The second kappa shape index (κ2) is 6.85. The van der Waals surface area contributed by atoms with Crippen molar-refractivity contribution in [2.75, 3.05) is 0 Å². The summed E-state index contributed by atoms with van der Waals surface area (Å²) in [4.78, 5) is 17.0. The lowest BCUT2D eigenvalue weighted by Crippen LogP contribution is -1.99. The van der Waals surface area contributed by atoms with E-state index in [1.807, 2.05) is 32.0 Å². The molecule has 3 nitrogen and oxygen atoms in total. The van der Waals surface area contributed by atoms with Crippen molar-refractivity contribution in [3.05, 3.63) is 44.9 Å². The summed E-state index contributed by atoms with van der Waals surface area (Å²) in [5.41, 5.74) is 3.15. The highest BCUT2D eigenvalue weighted by Crippen LogP contribution is 2.26. The van der Waals surface area contributed by atoms with Crippen molar-refractivity contribution in [2.45, 2.75) is 47.1 Å². The number of thiazole rings is 1. The number of aryl methyl sites for hydroxylation is 3. The van der Waals surface area contributed by atoms with Crippen LogP contribution in [-0.4, -0.2) is 10.8 Å². The maximum Gasteiger partial charge on any atom is 0.171 e. The number of Topliss-reactive ketones (excluding diaryl/α,β-unsaturated/α-hetero) is 1. The smallest absolute Gasteiger partial charge is 0.171 e. The lowest BCUT2D eigenvalue weighted by atomic mass is 10.1. The summed E-state index contributed by atoms with van der Waals surface area (Å²) in [5, 5.41) is 0.867. The Morgan fingerprint density at radius 3 is 2.52 bits per heavy atom. The second-order valence-corrected chi connectivity index (χ2v) is 6.28. The van der Waals surface area contributed by atoms with Crippen LogP contribution in [0.4, 0.5) is 0 Å². The first-order valence-corrected chi connectivity index (χ1v) is 8.03. The molecular formula is C17H21NO2S. The van der Waals surface area contributed by atoms with Gasteiger partial charge in [-0.2, -0.15) is 0 Å². The molecule has 2 rings (SSSR count). The summed E-state index contributed by atoms with van der Waals surface area (Å²) in [7, 11) is 0. The summed E-state index contributed by atoms with van der Waals surface area (Å²) >= 11 is 1.45. The van der Waals surface area contributed by atoms with Gasteiger partial charge in [-0.1, -0.05) is 31.5 Å². The number of carbonyl (C=O) groups is 1. The third kappa shape index (κ3) is 3.70. The Morgan fingerprint density at radius 2 is 1.95 bits per heavy atom. The van der Waals surface area contributed by atoms with Crippen molar-refractivity contribution in [1.82, 2.24) is 4.98 Å². The molecule has 0 unspecified atom stereocenters. The molecule has 4 heteroatoms. The Morgan fingerprint density at radius 1 is 1.29 bits per heavy atom. The molecule has 0 saturated heterocycles. The number of ether oxygens (including phenoxy) is 1. The zero-order chi connectivity index (χ0) is 15.4. The van der Waals surface area contributed by atoms with Crippen molar-refractivity contribution < 1.29 is 9.53 Å². The lowest BCUT2D eigenvalue weighted by Gasteiger charge is -2.10. The van der Waals surface area contributed by atoms with E-state index in [9.17, 15) is 4.79 Å². The Hall–Kier alpha value is -1.68. The maximum absolute atomic E-state index is 11.7. The normalized spacial score (nSPS) is 10.7. The average Bonchev–Trinajstić information content (AvgIpc) is 2.82. The van der Waals surface area contributed by atoms with Gasteiger partial charge in [-0.3, -0.25) is 4.79 Å². The molecule has 0 aliphatic carbocycles. The number of hydrogen-bond acceptors (Lipinski definition) is 4. The summed E-state index contributed by atoms with van der Waals surface area (Å²) in [6, 6.07) is 6.09. The van der Waals surface area contributed by atoms with Crippen LogP contribution in [-0.2, 0) is 13.0 Å². The van der Waals surface area contributed by atoms with Crippen LogP contribution in [0.3, 0.4) is 0 Å². The molecule has 0 spiro atoms. The molecule has 0 aliphatic rings. The number of ketones is 1. The molecule has 0 aliphatic heterocycles. The second-order valence-electron chi connectivity index (χ2n) is 5.20. The fourth-order valence-electron chi connectivity index (χ4n) is 2.30. The van der Waals surface area contributed by atoms with Gasteiger partial charge in [-0.25, -0.2) is 4.98 Å². The molecule has 0 fully saturated rings. The molecule has 0 saturated carbocycles. The average molecular weight is 303 g/mol. The summed E-state index contributed by atoms with van der Waals surface area (Å²) in [6.45, 7) is 8.18. The zero-order valence-electron chi connectivity index (χ0n) is 13.0. The van der Waals surface area contributed by atoms with E-state index in [0.717, 1.165) is 45.3 Å². The zero-order valence-corrected chi connectivity index (χ0v) is 13.8. The van der Waals surface area contributed by atoms with E-state index in [-0.39, 0.29) is 5.78 Å². The van der Waals surface area contributed by atoms with Crippen LogP contribution in [0, 0.1) is 13.8 Å². The first-order valence-electron chi connectivity index (χ1n) is 7.21. The van der Waals surface area contributed by atoms with Crippen molar-refractivity contribution >= 4 is 17.1 Å². The first kappa shape index (κ1) is 15.7. The number of hydrogen-bond donors (Lipinski definition) is 0. The molecule has 112 valence electrons. The molecule has 0 amide bonds. The van der Waals surface area contributed by atoms with Crippen LogP contribution in [0.1, 0.15) is 51.8 Å². The van der Waals surface area contributed by atoms with Gasteiger partial charge in [-0.15, -0.1) is 11.3 Å². The predicted octanol–water partition coefficient (Wildman–Crippen LogP) is 4.49. The minimum atomic E-state index is 0.0919. The minimum absolute atomic E-state index is 0.0919. The number of aromatic nitrogens is 1. The highest BCUT2D eigenvalue weighted by Gasteiger charge is 2.15. The van der Waals surface area contributed by atoms with Gasteiger partial charge in [-0.05, 0) is 31.4 Å².